The summed E-state index contributed by atoms with van der Waals surface area (Å²) in [4.78, 5) is 12.7. The van der Waals surface area contributed by atoms with E-state index in [1.165, 1.54) is 5.57 Å². The molecule has 0 bridgehead atoms. The summed E-state index contributed by atoms with van der Waals surface area (Å²) in [5.74, 6) is 0.0180. The molecule has 31 heavy (non-hydrogen) atoms. The van der Waals surface area contributed by atoms with Gasteiger partial charge in [-0.1, -0.05) is 11.6 Å². The molecule has 2 aliphatic heterocycles. The maximum absolute atomic E-state index is 12.7. The quantitative estimate of drug-likeness (QED) is 0.432. The van der Waals surface area contributed by atoms with E-state index >= 15 is 0 Å². The van der Waals surface area contributed by atoms with Gasteiger partial charge >= 0.3 is 6.09 Å². The van der Waals surface area contributed by atoms with Crippen molar-refractivity contribution in [3.63, 3.8) is 0 Å². The van der Waals surface area contributed by atoms with Gasteiger partial charge < -0.3 is 29.0 Å². The number of nitrogens with one attached hydrogen (secondary N) is 1. The van der Waals surface area contributed by atoms with Crippen LogP contribution >= 0.6 is 0 Å². The van der Waals surface area contributed by atoms with Gasteiger partial charge in [-0.15, -0.1) is 0 Å². The largest absolute Gasteiger partial charge is 0.443 e. The highest BCUT2D eigenvalue weighted by atomic mass is 16.6. The summed E-state index contributed by atoms with van der Waals surface area (Å²) in [6.45, 7) is 15.3. The molecule has 1 amide bonds. The predicted octanol–water partition coefficient (Wildman–Crippen LogP) is 3.99. The van der Waals surface area contributed by atoms with Gasteiger partial charge in [0.05, 0.1) is 36.9 Å². The first-order valence-corrected chi connectivity index (χ1v) is 11.5. The highest BCUT2D eigenvalue weighted by Gasteiger charge is 2.72. The Balaban J connectivity index is 1.66. The molecule has 0 aromatic carbocycles. The van der Waals surface area contributed by atoms with Crippen LogP contribution in [0.3, 0.4) is 0 Å². The summed E-state index contributed by atoms with van der Waals surface area (Å²) in [5, 5.41) is 2.94. The molecular weight excluding hydrogens is 398 g/mol. The number of carbonyl (C=O) groups is 1. The molecule has 1 N–H and O–H groups in total. The third-order valence-corrected chi connectivity index (χ3v) is 6.71. The van der Waals surface area contributed by atoms with E-state index < -0.39 is 11.6 Å². The summed E-state index contributed by atoms with van der Waals surface area (Å²) < 4.78 is 29.7. The van der Waals surface area contributed by atoms with E-state index in [0.29, 0.717) is 19.6 Å². The summed E-state index contributed by atoms with van der Waals surface area (Å²) in [5.41, 5.74) is 0.186. The summed E-state index contributed by atoms with van der Waals surface area (Å²) in [6.07, 6.45) is 3.79. The Morgan fingerprint density at radius 3 is 2.55 bits per heavy atom. The standard InChI is InChI=1S/C24H41NO6/c1-15(2)9-10-18-23(7,31-18)20-19(27-8)17(11-12-24(20)14-29-24)30-21(26)25-22(5,6)13-28-16(3)4/h9,16-20H,10-14H2,1-8H3,(H,25,26)/t17?,18-,19?,20?,23+,24+/m1/s1. The first-order chi connectivity index (χ1) is 14.4. The molecule has 3 unspecified atom stereocenters. The minimum atomic E-state index is -0.528. The molecule has 0 aromatic heterocycles. The molecule has 0 radical (unpaired) electrons. The van der Waals surface area contributed by atoms with Gasteiger partial charge in [0, 0.05) is 7.11 Å². The average Bonchev–Trinajstić information content (AvgIpc) is 3.57. The Labute approximate surface area is 187 Å². The van der Waals surface area contributed by atoms with Crippen molar-refractivity contribution in [2.24, 2.45) is 5.92 Å². The number of hydrogen-bond acceptors (Lipinski definition) is 6. The monoisotopic (exact) mass is 439 g/mol. The van der Waals surface area contributed by atoms with Crippen LogP contribution in [0.2, 0.25) is 0 Å². The molecule has 1 spiro atoms. The number of ether oxygens (including phenoxy) is 5. The molecule has 3 rings (SSSR count). The lowest BCUT2D eigenvalue weighted by Crippen LogP contribution is -2.57. The summed E-state index contributed by atoms with van der Waals surface area (Å²) in [6, 6.07) is 0. The second-order valence-electron chi connectivity index (χ2n) is 10.7. The van der Waals surface area contributed by atoms with Crippen molar-refractivity contribution >= 4 is 6.09 Å². The van der Waals surface area contributed by atoms with E-state index in [4.69, 9.17) is 23.7 Å². The van der Waals surface area contributed by atoms with Crippen LogP contribution in [-0.4, -0.2) is 67.6 Å². The fraction of sp³-hybridized carbons (Fsp3) is 0.875. The molecule has 6 atom stereocenters. The molecule has 0 aromatic rings. The van der Waals surface area contributed by atoms with E-state index in [1.807, 2.05) is 27.7 Å². The van der Waals surface area contributed by atoms with Crippen LogP contribution in [-0.2, 0) is 23.7 Å². The average molecular weight is 440 g/mol. The third kappa shape index (κ3) is 5.62. The van der Waals surface area contributed by atoms with E-state index in [9.17, 15) is 4.79 Å². The lowest BCUT2D eigenvalue weighted by atomic mass is 9.68. The van der Waals surface area contributed by atoms with Crippen LogP contribution in [0.15, 0.2) is 11.6 Å². The van der Waals surface area contributed by atoms with Gasteiger partial charge in [-0.25, -0.2) is 4.79 Å². The molecule has 7 nitrogen and oxygen atoms in total. The van der Waals surface area contributed by atoms with Gasteiger partial charge in [-0.05, 0) is 67.7 Å². The van der Waals surface area contributed by atoms with Crippen LogP contribution in [0.25, 0.3) is 0 Å². The molecule has 2 heterocycles. The van der Waals surface area contributed by atoms with Crippen molar-refractivity contribution in [3.05, 3.63) is 11.6 Å². The van der Waals surface area contributed by atoms with Gasteiger partial charge in [0.2, 0.25) is 0 Å². The van der Waals surface area contributed by atoms with Crippen LogP contribution in [0.1, 0.15) is 67.7 Å². The Morgan fingerprint density at radius 2 is 2.00 bits per heavy atom. The zero-order valence-electron chi connectivity index (χ0n) is 20.4. The minimum Gasteiger partial charge on any atom is -0.443 e. The van der Waals surface area contributed by atoms with E-state index in [1.54, 1.807) is 7.11 Å². The van der Waals surface area contributed by atoms with Gasteiger partial charge in [0.25, 0.3) is 0 Å². The number of hydrogen-bond donors (Lipinski definition) is 1. The normalized spacial score (nSPS) is 36.9. The van der Waals surface area contributed by atoms with Crippen molar-refractivity contribution in [2.75, 3.05) is 20.3 Å². The Bertz CT molecular complexity index is 682. The smallest absolute Gasteiger partial charge is 0.407 e. The number of amides is 1. The minimum absolute atomic E-state index is 0.0180. The fourth-order valence-corrected chi connectivity index (χ4v) is 4.92. The molecule has 1 aliphatic carbocycles. The second-order valence-corrected chi connectivity index (χ2v) is 10.7. The summed E-state index contributed by atoms with van der Waals surface area (Å²) in [7, 11) is 1.69. The first kappa shape index (κ1) is 24.5. The maximum atomic E-state index is 12.7. The maximum Gasteiger partial charge on any atom is 0.407 e. The third-order valence-electron chi connectivity index (χ3n) is 6.71. The summed E-state index contributed by atoms with van der Waals surface area (Å²) >= 11 is 0. The van der Waals surface area contributed by atoms with Gasteiger partial charge in [-0.2, -0.15) is 0 Å². The van der Waals surface area contributed by atoms with Crippen molar-refractivity contribution in [3.8, 4) is 0 Å². The molecule has 3 fully saturated rings. The predicted molar refractivity (Wildman–Crippen MR) is 118 cm³/mol. The highest BCUT2D eigenvalue weighted by molar-refractivity contribution is 5.68. The number of carbonyl (C=O) groups excluding carboxylic acids is 1. The molecule has 178 valence electrons. The van der Waals surface area contributed by atoms with E-state index in [0.717, 1.165) is 12.8 Å². The molecular formula is C24H41NO6. The number of epoxide rings is 2. The van der Waals surface area contributed by atoms with Gasteiger partial charge in [0.1, 0.15) is 23.4 Å². The van der Waals surface area contributed by atoms with Gasteiger partial charge in [-0.3, -0.25) is 0 Å². The SMILES string of the molecule is COC1C(OC(=O)NC(C)(C)COC(C)C)CC[C@]2(CO2)C1[C@@]1(C)O[C@@H]1CC=C(C)C. The zero-order valence-corrected chi connectivity index (χ0v) is 20.4. The van der Waals surface area contributed by atoms with Crippen molar-refractivity contribution in [1.29, 1.82) is 0 Å². The first-order valence-electron chi connectivity index (χ1n) is 11.5. The molecule has 1 saturated carbocycles. The number of alkyl carbamates (subject to hydrolysis) is 1. The van der Waals surface area contributed by atoms with Crippen LogP contribution in [0.4, 0.5) is 4.79 Å². The number of rotatable bonds is 9. The van der Waals surface area contributed by atoms with Crippen LogP contribution in [0.5, 0.6) is 0 Å². The van der Waals surface area contributed by atoms with Crippen molar-refractivity contribution < 1.29 is 28.5 Å². The molecule has 3 aliphatic rings. The van der Waals surface area contributed by atoms with Crippen LogP contribution in [0, 0.1) is 5.92 Å². The zero-order chi connectivity index (χ0) is 23.0. The molecule has 2 saturated heterocycles. The number of methoxy groups -OCH3 is 1. The van der Waals surface area contributed by atoms with Gasteiger partial charge in [0.15, 0.2) is 0 Å². The van der Waals surface area contributed by atoms with Crippen LogP contribution < -0.4 is 5.32 Å². The lowest BCUT2D eigenvalue weighted by Gasteiger charge is -2.43. The highest BCUT2D eigenvalue weighted by Crippen LogP contribution is 2.59. The molecule has 7 heteroatoms. The topological polar surface area (TPSA) is 81.9 Å². The van der Waals surface area contributed by atoms with E-state index in [2.05, 4.69) is 32.2 Å². The number of allylic oxidation sites excluding steroid dienone is 1. The Morgan fingerprint density at radius 1 is 1.32 bits per heavy atom. The van der Waals surface area contributed by atoms with E-state index in [-0.39, 0.29) is 41.5 Å². The fourth-order valence-electron chi connectivity index (χ4n) is 4.92. The lowest BCUT2D eigenvalue weighted by molar-refractivity contribution is -0.119. The van der Waals surface area contributed by atoms with Crippen molar-refractivity contribution in [1.82, 2.24) is 5.32 Å². The van der Waals surface area contributed by atoms with Crippen molar-refractivity contribution in [2.45, 2.75) is 109 Å². The Hall–Kier alpha value is -1.15. The second kappa shape index (κ2) is 9.00. The Kier molecular flexibility index (Phi) is 7.11.